The summed E-state index contributed by atoms with van der Waals surface area (Å²) in [6.07, 6.45) is 11.5. The predicted molar refractivity (Wildman–Crippen MR) is 154 cm³/mol. The molecule has 2 N–H and O–H groups in total. The third kappa shape index (κ3) is 9.91. The van der Waals surface area contributed by atoms with Crippen molar-refractivity contribution in [1.82, 2.24) is 10.4 Å². The molecule has 0 spiro atoms. The maximum atomic E-state index is 5.42. The van der Waals surface area contributed by atoms with Crippen LogP contribution < -0.4 is 20.3 Å². The van der Waals surface area contributed by atoms with Crippen molar-refractivity contribution in [3.8, 4) is 11.5 Å². The van der Waals surface area contributed by atoms with Crippen LogP contribution in [0.15, 0.2) is 18.3 Å². The Morgan fingerprint density at radius 1 is 0.941 bits per heavy atom. The minimum absolute atomic E-state index is 0.407. The van der Waals surface area contributed by atoms with Crippen molar-refractivity contribution in [1.29, 1.82) is 0 Å². The molecule has 3 atom stereocenters. The number of hydrogen-bond donors (Lipinski definition) is 3. The highest BCUT2D eigenvalue weighted by Gasteiger charge is 2.17. The summed E-state index contributed by atoms with van der Waals surface area (Å²) in [5, 5.41) is 1.09. The van der Waals surface area contributed by atoms with Crippen molar-refractivity contribution < 1.29 is 9.47 Å². The molecule has 0 saturated heterocycles. The van der Waals surface area contributed by atoms with Gasteiger partial charge in [-0.15, -0.1) is 0 Å². The fourth-order valence-corrected chi connectivity index (χ4v) is 4.14. The van der Waals surface area contributed by atoms with Crippen molar-refractivity contribution >= 4 is 29.2 Å². The van der Waals surface area contributed by atoms with Crippen LogP contribution in [-0.2, 0) is 0 Å². The summed E-state index contributed by atoms with van der Waals surface area (Å²) < 4.78 is 10.8. The quantitative estimate of drug-likeness (QED) is 0.206. The zero-order valence-corrected chi connectivity index (χ0v) is 24.3. The van der Waals surface area contributed by atoms with Gasteiger partial charge >= 0.3 is 0 Å². The van der Waals surface area contributed by atoms with E-state index in [0.29, 0.717) is 11.7 Å². The number of anilines is 1. The number of hydrogen-bond acceptors (Lipinski definition) is 6. The fourth-order valence-electron chi connectivity index (χ4n) is 4.14. The molecule has 0 fully saturated rings. The van der Waals surface area contributed by atoms with Crippen LogP contribution in [-0.4, -0.2) is 32.5 Å². The molecule has 1 aromatic carbocycles. The molecule has 0 aliphatic carbocycles. The molecule has 3 unspecified atom stereocenters. The maximum Gasteiger partial charge on any atom is 0.162 e. The summed E-state index contributed by atoms with van der Waals surface area (Å²) in [6, 6.07) is 3.92. The first-order valence-electron chi connectivity index (χ1n) is 12.8. The molecule has 0 saturated carbocycles. The number of ether oxygens (including phenoxy) is 2. The Morgan fingerprint density at radius 2 is 1.56 bits per heavy atom. The first kappa shape index (κ1) is 32.3. The molecule has 34 heavy (non-hydrogen) atoms. The van der Waals surface area contributed by atoms with Crippen LogP contribution >= 0.6 is 12.6 Å². The van der Waals surface area contributed by atoms with Gasteiger partial charge in [-0.25, -0.2) is 5.43 Å². The highest BCUT2D eigenvalue weighted by Crippen LogP contribution is 2.38. The van der Waals surface area contributed by atoms with E-state index in [2.05, 4.69) is 70.0 Å². The first-order valence-corrected chi connectivity index (χ1v) is 13.7. The van der Waals surface area contributed by atoms with Crippen LogP contribution in [0.5, 0.6) is 11.5 Å². The van der Waals surface area contributed by atoms with E-state index in [9.17, 15) is 0 Å². The molecule has 0 aliphatic rings. The summed E-state index contributed by atoms with van der Waals surface area (Å²) in [4.78, 5) is 4.52. The largest absolute Gasteiger partial charge is 0.493 e. The van der Waals surface area contributed by atoms with E-state index < -0.39 is 0 Å². The Morgan fingerprint density at radius 3 is 2.03 bits per heavy atom. The van der Waals surface area contributed by atoms with Gasteiger partial charge in [0.2, 0.25) is 0 Å². The molecular formula is C28H51N3O2S. The molecule has 0 aliphatic heterocycles. The number of hydrazine groups is 1. The van der Waals surface area contributed by atoms with E-state index in [1.54, 1.807) is 20.5 Å². The normalized spacial score (nSPS) is 13.0. The lowest BCUT2D eigenvalue weighted by Crippen LogP contribution is -2.17. The van der Waals surface area contributed by atoms with E-state index in [-0.39, 0.29) is 0 Å². The zero-order valence-electron chi connectivity index (χ0n) is 23.4. The second kappa shape index (κ2) is 18.6. The van der Waals surface area contributed by atoms with Crippen LogP contribution in [0, 0.1) is 11.8 Å². The van der Waals surface area contributed by atoms with Gasteiger partial charge in [0.05, 0.1) is 31.6 Å². The second-order valence-corrected chi connectivity index (χ2v) is 8.81. The molecule has 0 bridgehead atoms. The van der Waals surface area contributed by atoms with Gasteiger partial charge in [0.25, 0.3) is 0 Å². The van der Waals surface area contributed by atoms with Crippen LogP contribution in [0.2, 0.25) is 0 Å². The lowest BCUT2D eigenvalue weighted by molar-refractivity contribution is 0.352. The Kier molecular flexibility index (Phi) is 17.7. The SMILES string of the molecule is CCC(C)c1c(NNC)cnc2cc(OC)c(OC)cc12.CCCC(CC)CC(C)CC.CS. The van der Waals surface area contributed by atoms with Gasteiger partial charge in [-0.2, -0.15) is 12.6 Å². The van der Waals surface area contributed by atoms with Gasteiger partial charge < -0.3 is 14.9 Å². The maximum absolute atomic E-state index is 5.42. The van der Waals surface area contributed by atoms with Crippen molar-refractivity contribution in [3.63, 3.8) is 0 Å². The first-order chi connectivity index (χ1) is 16.4. The molecule has 2 rings (SSSR count). The highest BCUT2D eigenvalue weighted by molar-refractivity contribution is 7.79. The second-order valence-electron chi connectivity index (χ2n) is 8.81. The molecule has 1 heterocycles. The number of fused-ring (bicyclic) bond motifs is 1. The van der Waals surface area contributed by atoms with Crippen LogP contribution in [0.3, 0.4) is 0 Å². The van der Waals surface area contributed by atoms with Gasteiger partial charge in [-0.1, -0.05) is 67.2 Å². The third-order valence-electron chi connectivity index (χ3n) is 6.49. The summed E-state index contributed by atoms with van der Waals surface area (Å²) >= 11 is 3.53. The topological polar surface area (TPSA) is 55.4 Å². The smallest absolute Gasteiger partial charge is 0.162 e. The van der Waals surface area contributed by atoms with Crippen molar-refractivity contribution in [3.05, 3.63) is 23.9 Å². The molecule has 0 radical (unpaired) electrons. The summed E-state index contributed by atoms with van der Waals surface area (Å²) in [7, 11) is 5.13. The number of nitrogens with one attached hydrogen (secondary N) is 2. The van der Waals surface area contributed by atoms with Crippen molar-refractivity contribution in [2.45, 2.75) is 86.0 Å². The van der Waals surface area contributed by atoms with E-state index in [1.165, 1.54) is 37.7 Å². The number of aromatic nitrogens is 1. The average molecular weight is 494 g/mol. The van der Waals surface area contributed by atoms with Crippen LogP contribution in [0.4, 0.5) is 5.69 Å². The van der Waals surface area contributed by atoms with Gasteiger partial charge in [-0.05, 0) is 48.5 Å². The number of pyridine rings is 1. The lowest BCUT2D eigenvalue weighted by Gasteiger charge is -2.19. The molecule has 196 valence electrons. The molecule has 6 heteroatoms. The molecule has 0 amide bonds. The molecule has 2 aromatic rings. The number of benzene rings is 1. The number of methoxy groups -OCH3 is 2. The highest BCUT2D eigenvalue weighted by atomic mass is 32.1. The van der Waals surface area contributed by atoms with Crippen molar-refractivity contribution in [2.24, 2.45) is 11.8 Å². The summed E-state index contributed by atoms with van der Waals surface area (Å²) in [5.41, 5.74) is 9.27. The monoisotopic (exact) mass is 493 g/mol. The number of nitrogens with zero attached hydrogens (tertiary/aromatic N) is 1. The number of thiol groups is 1. The Bertz CT molecular complexity index is 801. The third-order valence-corrected chi connectivity index (χ3v) is 6.49. The Hall–Kier alpha value is -1.66. The minimum Gasteiger partial charge on any atom is -0.493 e. The van der Waals surface area contributed by atoms with E-state index in [0.717, 1.165) is 40.6 Å². The summed E-state index contributed by atoms with van der Waals surface area (Å²) in [6.45, 7) is 13.7. The van der Waals surface area contributed by atoms with Gasteiger partial charge in [0, 0.05) is 18.5 Å². The summed E-state index contributed by atoms with van der Waals surface area (Å²) in [5.74, 6) is 3.76. The Labute approximate surface area is 215 Å². The molecular weight excluding hydrogens is 442 g/mol. The lowest BCUT2D eigenvalue weighted by atomic mass is 9.89. The van der Waals surface area contributed by atoms with Crippen LogP contribution in [0.25, 0.3) is 10.9 Å². The predicted octanol–water partition coefficient (Wildman–Crippen LogP) is 8.11. The average Bonchev–Trinajstić information content (AvgIpc) is 2.88. The van der Waals surface area contributed by atoms with Gasteiger partial charge in [-0.3, -0.25) is 4.98 Å². The van der Waals surface area contributed by atoms with Gasteiger partial charge in [0.15, 0.2) is 11.5 Å². The van der Waals surface area contributed by atoms with Crippen molar-refractivity contribution in [2.75, 3.05) is 32.9 Å². The zero-order chi connectivity index (χ0) is 26.1. The van der Waals surface area contributed by atoms with Crippen LogP contribution in [0.1, 0.15) is 91.5 Å². The molecule has 1 aromatic heterocycles. The fraction of sp³-hybridized carbons (Fsp3) is 0.679. The van der Waals surface area contributed by atoms with E-state index in [1.807, 2.05) is 25.4 Å². The van der Waals surface area contributed by atoms with E-state index in [4.69, 9.17) is 9.47 Å². The Balaban J connectivity index is 0.000000712. The minimum atomic E-state index is 0.407. The molecule has 5 nitrogen and oxygen atoms in total. The van der Waals surface area contributed by atoms with Gasteiger partial charge in [0.1, 0.15) is 0 Å². The standard InChI is InChI=1S/C16H23N3O2.C11H24.CH4S/c1-6-10(2)16-11-7-14(20-4)15(21-5)8-12(11)18-9-13(16)19-17-3;1-5-8-11(7-3)9-10(4)6-2;1-2/h7-10,17,19H,6H2,1-5H3;10-11H,5-9H2,1-4H3;2H,1H3. The number of rotatable bonds is 12. The van der Waals surface area contributed by atoms with E-state index >= 15 is 0 Å².